The van der Waals surface area contributed by atoms with Crippen molar-refractivity contribution in [3.8, 4) is 28.8 Å². The highest BCUT2D eigenvalue weighted by Crippen LogP contribution is 2.48. The maximum atomic E-state index is 12.5. The summed E-state index contributed by atoms with van der Waals surface area (Å²) in [7, 11) is 0. The smallest absolute Gasteiger partial charge is 0.341 e. The third kappa shape index (κ3) is 3.32. The Balaban J connectivity index is 1.87. The van der Waals surface area contributed by atoms with Gasteiger partial charge >= 0.3 is 5.97 Å². The molecule has 1 atom stereocenters. The zero-order chi connectivity index (χ0) is 21.4. The number of nitriles is 1. The molecule has 0 bridgehead atoms. The minimum Gasteiger partial charge on any atom is -0.490 e. The second-order valence-corrected chi connectivity index (χ2v) is 8.09. The molecule has 0 aliphatic carbocycles. The molecular weight excluding hydrogens is 384 g/mol. The standard InChI is InChI=1S/C23H24N2O5/c1-13(2)17-9-14-10-20(29-7-4-3-6-24)22-15(5-8-30-22)21(14)18-11-19(26)16(23(27)28)12-25(17)18/h10-13,17H,3-5,7-9H2,1-2H3,(H,27,28). The van der Waals surface area contributed by atoms with Crippen molar-refractivity contribution >= 4 is 5.97 Å². The molecule has 1 aromatic carbocycles. The molecule has 0 saturated heterocycles. The molecule has 0 fully saturated rings. The number of fused-ring (bicyclic) bond motifs is 5. The number of benzene rings is 1. The van der Waals surface area contributed by atoms with Gasteiger partial charge in [0.2, 0.25) is 0 Å². The first-order valence-electron chi connectivity index (χ1n) is 10.2. The van der Waals surface area contributed by atoms with E-state index in [-0.39, 0.29) is 17.5 Å². The number of ether oxygens (including phenoxy) is 2. The normalized spacial score (nSPS) is 16.3. The number of aromatic nitrogens is 1. The average molecular weight is 408 g/mol. The molecule has 2 aliphatic heterocycles. The number of carboxylic acids is 1. The van der Waals surface area contributed by atoms with Gasteiger partial charge in [-0.2, -0.15) is 5.26 Å². The highest BCUT2D eigenvalue weighted by molar-refractivity contribution is 5.88. The van der Waals surface area contributed by atoms with Crippen LogP contribution in [0.5, 0.6) is 11.5 Å². The van der Waals surface area contributed by atoms with E-state index in [1.165, 1.54) is 12.3 Å². The summed E-state index contributed by atoms with van der Waals surface area (Å²) in [6, 6.07) is 5.58. The molecule has 156 valence electrons. The molecule has 0 spiro atoms. The molecule has 2 aliphatic rings. The van der Waals surface area contributed by atoms with Gasteiger partial charge in [-0.1, -0.05) is 13.8 Å². The second kappa shape index (κ2) is 7.86. The first kappa shape index (κ1) is 20.0. The van der Waals surface area contributed by atoms with Crippen LogP contribution in [0.4, 0.5) is 0 Å². The third-order valence-corrected chi connectivity index (χ3v) is 5.84. The van der Waals surface area contributed by atoms with Crippen molar-refractivity contribution in [1.82, 2.24) is 4.57 Å². The van der Waals surface area contributed by atoms with Crippen molar-refractivity contribution in [2.45, 2.75) is 45.6 Å². The van der Waals surface area contributed by atoms with E-state index in [0.29, 0.717) is 50.4 Å². The van der Waals surface area contributed by atoms with Crippen LogP contribution < -0.4 is 14.9 Å². The Morgan fingerprint density at radius 1 is 1.43 bits per heavy atom. The van der Waals surface area contributed by atoms with Crippen molar-refractivity contribution in [1.29, 1.82) is 5.26 Å². The fourth-order valence-corrected chi connectivity index (χ4v) is 4.39. The van der Waals surface area contributed by atoms with Gasteiger partial charge in [0.25, 0.3) is 0 Å². The van der Waals surface area contributed by atoms with Crippen LogP contribution >= 0.6 is 0 Å². The lowest BCUT2D eigenvalue weighted by Crippen LogP contribution is -2.28. The monoisotopic (exact) mass is 408 g/mol. The summed E-state index contributed by atoms with van der Waals surface area (Å²) < 4.78 is 13.8. The number of carboxylic acid groups (broad SMARTS) is 1. The molecule has 0 amide bonds. The zero-order valence-corrected chi connectivity index (χ0v) is 17.1. The molecule has 1 aromatic heterocycles. The van der Waals surface area contributed by atoms with Gasteiger partial charge in [-0.05, 0) is 30.4 Å². The lowest BCUT2D eigenvalue weighted by molar-refractivity contribution is 0.0694. The summed E-state index contributed by atoms with van der Waals surface area (Å²) in [6.45, 7) is 5.15. The van der Waals surface area contributed by atoms with Gasteiger partial charge < -0.3 is 19.1 Å². The molecule has 3 heterocycles. The van der Waals surface area contributed by atoms with Crippen molar-refractivity contribution in [3.63, 3.8) is 0 Å². The number of hydrogen-bond acceptors (Lipinski definition) is 5. The molecule has 1 N–H and O–H groups in total. The summed E-state index contributed by atoms with van der Waals surface area (Å²) >= 11 is 0. The topological polar surface area (TPSA) is 102 Å². The fraction of sp³-hybridized carbons (Fsp3) is 0.435. The van der Waals surface area contributed by atoms with Crippen LogP contribution in [0.1, 0.15) is 54.2 Å². The lowest BCUT2D eigenvalue weighted by atomic mass is 9.84. The van der Waals surface area contributed by atoms with Gasteiger partial charge in [0.1, 0.15) is 5.56 Å². The van der Waals surface area contributed by atoms with Crippen LogP contribution in [-0.2, 0) is 12.8 Å². The molecule has 7 heteroatoms. The summed E-state index contributed by atoms with van der Waals surface area (Å²) in [5.41, 5.74) is 3.07. The lowest BCUT2D eigenvalue weighted by Gasteiger charge is -2.34. The Hall–Kier alpha value is -3.27. The fourth-order valence-electron chi connectivity index (χ4n) is 4.39. The molecule has 4 rings (SSSR count). The van der Waals surface area contributed by atoms with Crippen LogP contribution in [0.25, 0.3) is 11.3 Å². The highest BCUT2D eigenvalue weighted by atomic mass is 16.5. The number of aromatic carboxylic acids is 1. The predicted molar refractivity (Wildman–Crippen MR) is 110 cm³/mol. The number of unbranched alkanes of at least 4 members (excludes halogenated alkanes) is 1. The molecule has 2 aromatic rings. The second-order valence-electron chi connectivity index (χ2n) is 8.09. The van der Waals surface area contributed by atoms with Crippen LogP contribution in [-0.4, -0.2) is 28.9 Å². The quantitative estimate of drug-likeness (QED) is 0.733. The first-order valence-corrected chi connectivity index (χ1v) is 10.2. The van der Waals surface area contributed by atoms with E-state index in [1.54, 1.807) is 0 Å². The Morgan fingerprint density at radius 2 is 2.23 bits per heavy atom. The van der Waals surface area contributed by atoms with E-state index in [9.17, 15) is 14.7 Å². The van der Waals surface area contributed by atoms with Crippen LogP contribution in [0.3, 0.4) is 0 Å². The minimum absolute atomic E-state index is 0.0259. The van der Waals surface area contributed by atoms with Gasteiger partial charge in [0, 0.05) is 42.3 Å². The van der Waals surface area contributed by atoms with Crippen molar-refractivity contribution < 1.29 is 19.4 Å². The minimum atomic E-state index is -1.21. The summed E-state index contributed by atoms with van der Waals surface area (Å²) in [4.78, 5) is 24.1. The maximum Gasteiger partial charge on any atom is 0.341 e. The molecule has 0 saturated carbocycles. The van der Waals surface area contributed by atoms with Crippen molar-refractivity contribution in [2.24, 2.45) is 5.92 Å². The maximum absolute atomic E-state index is 12.5. The van der Waals surface area contributed by atoms with E-state index in [0.717, 1.165) is 22.4 Å². The van der Waals surface area contributed by atoms with Crippen LogP contribution in [0.2, 0.25) is 0 Å². The van der Waals surface area contributed by atoms with E-state index >= 15 is 0 Å². The van der Waals surface area contributed by atoms with Gasteiger partial charge in [-0.15, -0.1) is 0 Å². The van der Waals surface area contributed by atoms with E-state index < -0.39 is 11.4 Å². The average Bonchev–Trinajstić information content (AvgIpc) is 3.19. The number of nitrogens with zero attached hydrogens (tertiary/aromatic N) is 2. The summed E-state index contributed by atoms with van der Waals surface area (Å²) in [5.74, 6) is 0.401. The summed E-state index contributed by atoms with van der Waals surface area (Å²) in [5, 5.41) is 18.2. The molecule has 1 unspecified atom stereocenters. The van der Waals surface area contributed by atoms with Gasteiger partial charge in [-0.3, -0.25) is 4.79 Å². The Morgan fingerprint density at radius 3 is 2.93 bits per heavy atom. The van der Waals surface area contributed by atoms with E-state index in [1.807, 2.05) is 10.6 Å². The van der Waals surface area contributed by atoms with Gasteiger partial charge in [0.15, 0.2) is 16.9 Å². The SMILES string of the molecule is CC(C)C1Cc2cc(OCCCC#N)c3c(c2-c2cc(=O)c(C(=O)O)cn21)CCO3. The van der Waals surface area contributed by atoms with Crippen molar-refractivity contribution in [3.05, 3.63) is 45.2 Å². The van der Waals surface area contributed by atoms with Gasteiger partial charge in [0.05, 0.1) is 25.0 Å². The number of rotatable bonds is 6. The highest BCUT2D eigenvalue weighted by Gasteiger charge is 2.33. The molecule has 30 heavy (non-hydrogen) atoms. The largest absolute Gasteiger partial charge is 0.490 e. The number of carbonyl (C=O) groups is 1. The Bertz CT molecular complexity index is 1110. The van der Waals surface area contributed by atoms with Crippen molar-refractivity contribution in [2.75, 3.05) is 13.2 Å². The van der Waals surface area contributed by atoms with E-state index in [2.05, 4.69) is 19.9 Å². The molecule has 0 radical (unpaired) electrons. The van der Waals surface area contributed by atoms with Gasteiger partial charge in [-0.25, -0.2) is 4.79 Å². The predicted octanol–water partition coefficient (Wildman–Crippen LogP) is 3.58. The number of pyridine rings is 1. The Labute approximate surface area is 174 Å². The molecule has 7 nitrogen and oxygen atoms in total. The molecular formula is C23H24N2O5. The Kier molecular flexibility index (Phi) is 5.25. The number of hydrogen-bond donors (Lipinski definition) is 1. The first-order chi connectivity index (χ1) is 14.4. The van der Waals surface area contributed by atoms with Crippen LogP contribution in [0, 0.1) is 17.2 Å². The third-order valence-electron chi connectivity index (χ3n) is 5.84. The zero-order valence-electron chi connectivity index (χ0n) is 17.1. The van der Waals surface area contributed by atoms with E-state index in [4.69, 9.17) is 14.7 Å². The summed E-state index contributed by atoms with van der Waals surface area (Å²) in [6.07, 6.45) is 3.99. The van der Waals surface area contributed by atoms with Crippen LogP contribution in [0.15, 0.2) is 23.1 Å².